The van der Waals surface area contributed by atoms with Crippen LogP contribution in [0.3, 0.4) is 0 Å². The molecule has 1 unspecified atom stereocenters. The number of aromatic nitrogens is 1. The zero-order chi connectivity index (χ0) is 30.7. The van der Waals surface area contributed by atoms with E-state index in [1.54, 1.807) is 60.8 Å². The van der Waals surface area contributed by atoms with Crippen LogP contribution in [0, 0.1) is 0 Å². The van der Waals surface area contributed by atoms with E-state index >= 15 is 0 Å². The molecule has 3 aliphatic rings. The van der Waals surface area contributed by atoms with E-state index in [1.807, 2.05) is 30.3 Å². The Morgan fingerprint density at radius 3 is 2.59 bits per heavy atom. The van der Waals surface area contributed by atoms with E-state index in [2.05, 4.69) is 20.7 Å². The van der Waals surface area contributed by atoms with Crippen molar-refractivity contribution in [3.8, 4) is 5.88 Å². The van der Waals surface area contributed by atoms with Gasteiger partial charge in [0.2, 0.25) is 15.9 Å². The van der Waals surface area contributed by atoms with Crippen molar-refractivity contribution in [3.05, 3.63) is 136 Å². The SMILES string of the molecule is O=C(NS(=O)(=O)C1C=CC=C2Oc3ncccc3C(=CCCN3CCC(O)(c4ccc(Cl)cc4)CC3)C=C21)c1ccccc1. The molecule has 10 heteroatoms. The maximum Gasteiger partial charge on any atom is 0.264 e. The van der Waals surface area contributed by atoms with Crippen molar-refractivity contribution in [3.63, 3.8) is 0 Å². The molecule has 0 bridgehead atoms. The molecule has 2 aromatic carbocycles. The molecule has 0 spiro atoms. The topological polar surface area (TPSA) is 109 Å². The molecule has 3 heterocycles. The molecular weight excluding hydrogens is 598 g/mol. The van der Waals surface area contributed by atoms with Gasteiger partial charge in [0.25, 0.3) is 5.91 Å². The monoisotopic (exact) mass is 629 g/mol. The summed E-state index contributed by atoms with van der Waals surface area (Å²) in [4.78, 5) is 19.5. The van der Waals surface area contributed by atoms with Gasteiger partial charge in [-0.15, -0.1) is 0 Å². The first kappa shape index (κ1) is 30.0. The van der Waals surface area contributed by atoms with Crippen LogP contribution in [0.2, 0.25) is 5.02 Å². The van der Waals surface area contributed by atoms with Crippen LogP contribution in [-0.2, 0) is 15.6 Å². The van der Waals surface area contributed by atoms with Crippen LogP contribution < -0.4 is 9.46 Å². The summed E-state index contributed by atoms with van der Waals surface area (Å²) in [6, 6.07) is 19.3. The first-order chi connectivity index (χ1) is 21.2. The maximum absolute atomic E-state index is 13.5. The number of pyridine rings is 1. The van der Waals surface area contributed by atoms with Gasteiger partial charge in [-0.25, -0.2) is 18.1 Å². The Morgan fingerprint density at radius 1 is 1.09 bits per heavy atom. The van der Waals surface area contributed by atoms with Crippen LogP contribution in [0.25, 0.3) is 5.57 Å². The first-order valence-electron chi connectivity index (χ1n) is 14.5. The van der Waals surface area contributed by atoms with Crippen molar-refractivity contribution < 1.29 is 23.1 Å². The number of nitrogens with one attached hydrogen (secondary N) is 1. The van der Waals surface area contributed by atoms with Gasteiger partial charge in [-0.1, -0.05) is 60.2 Å². The van der Waals surface area contributed by atoms with E-state index in [0.717, 1.165) is 36.3 Å². The lowest BCUT2D eigenvalue weighted by Gasteiger charge is -2.38. The molecule has 8 nitrogen and oxygen atoms in total. The fourth-order valence-corrected chi connectivity index (χ4v) is 7.20. The van der Waals surface area contributed by atoms with E-state index in [1.165, 1.54) is 6.08 Å². The number of amides is 1. The van der Waals surface area contributed by atoms with Crippen molar-refractivity contribution >= 4 is 33.1 Å². The molecule has 44 heavy (non-hydrogen) atoms. The Balaban J connectivity index is 1.21. The molecule has 6 rings (SSSR count). The number of hydrogen-bond donors (Lipinski definition) is 2. The van der Waals surface area contributed by atoms with Gasteiger partial charge in [-0.2, -0.15) is 0 Å². The number of fused-ring (bicyclic) bond motifs is 2. The van der Waals surface area contributed by atoms with Gasteiger partial charge in [0, 0.05) is 47.6 Å². The number of carbonyl (C=O) groups excluding carboxylic acids is 1. The van der Waals surface area contributed by atoms with Gasteiger partial charge in [0.1, 0.15) is 11.0 Å². The highest BCUT2D eigenvalue weighted by molar-refractivity contribution is 7.91. The second kappa shape index (κ2) is 12.5. The largest absolute Gasteiger partial charge is 0.438 e. The van der Waals surface area contributed by atoms with E-state index in [9.17, 15) is 18.3 Å². The van der Waals surface area contributed by atoms with Crippen LogP contribution in [0.15, 0.2) is 115 Å². The molecule has 1 atom stereocenters. The standard InChI is InChI=1S/C34H32ClN3O5S/c35-27-15-13-26(14-16-27)34(40)17-21-38(22-18-34)20-6-9-25-23-29-30(43-33-28(25)10-5-19-36-33)11-4-12-31(29)44(41,42)37-32(39)24-7-2-1-3-8-24/h1-5,7-16,19,23,31,40H,6,17-18,20-22H2,(H,37,39). The van der Waals surface area contributed by atoms with Gasteiger partial charge >= 0.3 is 0 Å². The lowest BCUT2D eigenvalue weighted by molar-refractivity contribution is -0.0254. The maximum atomic E-state index is 13.5. The van der Waals surface area contributed by atoms with Gasteiger partial charge < -0.3 is 14.7 Å². The molecule has 1 amide bonds. The number of sulfonamides is 1. The molecule has 1 aromatic heterocycles. The minimum atomic E-state index is -4.16. The lowest BCUT2D eigenvalue weighted by atomic mass is 9.84. The normalized spacial score (nSPS) is 20.4. The highest BCUT2D eigenvalue weighted by Crippen LogP contribution is 2.38. The average molecular weight is 630 g/mol. The molecule has 1 aliphatic carbocycles. The fourth-order valence-electron chi connectivity index (χ4n) is 5.75. The third-order valence-electron chi connectivity index (χ3n) is 8.20. The zero-order valence-electron chi connectivity index (χ0n) is 23.9. The number of piperidine rings is 1. The van der Waals surface area contributed by atoms with Gasteiger partial charge in [0.15, 0.2) is 0 Å². The predicted octanol–water partition coefficient (Wildman–Crippen LogP) is 5.39. The average Bonchev–Trinajstić information content (AvgIpc) is 3.19. The molecule has 0 radical (unpaired) electrons. The first-order valence-corrected chi connectivity index (χ1v) is 16.4. The van der Waals surface area contributed by atoms with Gasteiger partial charge in [-0.3, -0.25) is 4.79 Å². The number of allylic oxidation sites excluding steroid dienone is 5. The third kappa shape index (κ3) is 6.42. The Bertz CT molecular complexity index is 1770. The molecule has 2 N–H and O–H groups in total. The van der Waals surface area contributed by atoms with E-state index in [4.69, 9.17) is 16.3 Å². The summed E-state index contributed by atoms with van der Waals surface area (Å²) in [5.41, 5.74) is 2.20. The Kier molecular flexibility index (Phi) is 8.55. The van der Waals surface area contributed by atoms with Gasteiger partial charge in [-0.05, 0) is 78.9 Å². The summed E-state index contributed by atoms with van der Waals surface area (Å²) in [7, 11) is -4.16. The van der Waals surface area contributed by atoms with Crippen molar-refractivity contribution in [2.45, 2.75) is 30.1 Å². The summed E-state index contributed by atoms with van der Waals surface area (Å²) in [5.74, 6) is 0.0355. The second-order valence-corrected chi connectivity index (χ2v) is 13.3. The number of carbonyl (C=O) groups is 1. The third-order valence-corrected chi connectivity index (χ3v) is 10.0. The van der Waals surface area contributed by atoms with Crippen molar-refractivity contribution in [1.29, 1.82) is 0 Å². The highest BCUT2D eigenvalue weighted by Gasteiger charge is 2.36. The summed E-state index contributed by atoms with van der Waals surface area (Å²) >= 11 is 6.03. The smallest absolute Gasteiger partial charge is 0.264 e. The number of hydrogen-bond acceptors (Lipinski definition) is 7. The van der Waals surface area contributed by atoms with Crippen molar-refractivity contribution in [2.24, 2.45) is 0 Å². The van der Waals surface area contributed by atoms with Crippen LogP contribution in [-0.4, -0.2) is 54.2 Å². The fraction of sp³-hybridized carbons (Fsp3) is 0.235. The Labute approximate surface area is 262 Å². The summed E-state index contributed by atoms with van der Waals surface area (Å²) in [6.07, 6.45) is 12.3. The molecule has 226 valence electrons. The molecule has 3 aromatic rings. The number of benzene rings is 2. The zero-order valence-corrected chi connectivity index (χ0v) is 25.5. The van der Waals surface area contributed by atoms with E-state index in [-0.39, 0.29) is 5.56 Å². The molecule has 1 saturated heterocycles. The minimum absolute atomic E-state index is 0.249. The van der Waals surface area contributed by atoms with E-state index < -0.39 is 26.8 Å². The highest BCUT2D eigenvalue weighted by atomic mass is 35.5. The lowest BCUT2D eigenvalue weighted by Crippen LogP contribution is -2.42. The summed E-state index contributed by atoms with van der Waals surface area (Å²) < 4.78 is 35.4. The van der Waals surface area contributed by atoms with Crippen LogP contribution in [0.1, 0.15) is 40.7 Å². The van der Waals surface area contributed by atoms with Crippen LogP contribution in [0.4, 0.5) is 0 Å². The Hall–Kier alpha value is -4.02. The predicted molar refractivity (Wildman–Crippen MR) is 170 cm³/mol. The number of likely N-dealkylation sites (tertiary alicyclic amines) is 1. The van der Waals surface area contributed by atoms with Crippen molar-refractivity contribution in [2.75, 3.05) is 19.6 Å². The second-order valence-electron chi connectivity index (χ2n) is 11.1. The van der Waals surface area contributed by atoms with Crippen LogP contribution in [0.5, 0.6) is 5.88 Å². The number of ether oxygens (including phenoxy) is 1. The number of rotatable bonds is 7. The summed E-state index contributed by atoms with van der Waals surface area (Å²) in [5, 5.41) is 10.7. The number of aliphatic hydroxyl groups is 1. The number of halogens is 1. The molecular formula is C34H32ClN3O5S. The summed E-state index contributed by atoms with van der Waals surface area (Å²) in [6.45, 7) is 2.24. The molecule has 0 saturated carbocycles. The van der Waals surface area contributed by atoms with Gasteiger partial charge in [0.05, 0.1) is 5.60 Å². The van der Waals surface area contributed by atoms with E-state index in [0.29, 0.717) is 41.5 Å². The Morgan fingerprint density at radius 2 is 1.84 bits per heavy atom. The van der Waals surface area contributed by atoms with Crippen LogP contribution >= 0.6 is 11.6 Å². The van der Waals surface area contributed by atoms with Crippen molar-refractivity contribution in [1.82, 2.24) is 14.6 Å². The molecule has 1 fully saturated rings. The quantitative estimate of drug-likeness (QED) is 0.361. The molecule has 2 aliphatic heterocycles. The number of nitrogens with zero attached hydrogens (tertiary/aromatic N) is 2. The minimum Gasteiger partial charge on any atom is -0.438 e.